The van der Waals surface area contributed by atoms with Crippen molar-refractivity contribution in [3.63, 3.8) is 0 Å². The Hall–Kier alpha value is -1.77. The lowest BCUT2D eigenvalue weighted by Crippen LogP contribution is -2.08. The van der Waals surface area contributed by atoms with Gasteiger partial charge in [0.2, 0.25) is 0 Å². The highest BCUT2D eigenvalue weighted by Gasteiger charge is 2.10. The van der Waals surface area contributed by atoms with Crippen LogP contribution in [-0.2, 0) is 4.79 Å². The molecule has 3 heteroatoms. The van der Waals surface area contributed by atoms with Crippen LogP contribution in [0.3, 0.4) is 0 Å². The largest absolute Gasteiger partial charge is 0.493 e. The minimum atomic E-state index is 0.0509. The van der Waals surface area contributed by atoms with Crippen molar-refractivity contribution >= 4 is 12.4 Å². The van der Waals surface area contributed by atoms with Crippen LogP contribution in [0, 0.1) is 0 Å². The van der Waals surface area contributed by atoms with Gasteiger partial charge in [0, 0.05) is 5.56 Å². The van der Waals surface area contributed by atoms with E-state index in [2.05, 4.69) is 0 Å². The molecule has 0 aliphatic heterocycles. The van der Waals surface area contributed by atoms with E-state index in [1.54, 1.807) is 20.1 Å². The standard InChI is InChI=1S/C14H18O3/c1-10(2)17-14-12(8-11(3)9-15)6-5-7-13(14)16-4/h5-10H,1-4H3. The van der Waals surface area contributed by atoms with E-state index in [1.165, 1.54) is 0 Å². The summed E-state index contributed by atoms with van der Waals surface area (Å²) in [4.78, 5) is 10.7. The zero-order valence-electron chi connectivity index (χ0n) is 10.7. The maximum absolute atomic E-state index is 10.7. The van der Waals surface area contributed by atoms with Crippen molar-refractivity contribution in [3.05, 3.63) is 29.3 Å². The minimum absolute atomic E-state index is 0.0509. The predicted molar refractivity (Wildman–Crippen MR) is 68.5 cm³/mol. The van der Waals surface area contributed by atoms with E-state index in [0.717, 1.165) is 11.8 Å². The van der Waals surface area contributed by atoms with Gasteiger partial charge in [0.05, 0.1) is 13.2 Å². The summed E-state index contributed by atoms with van der Waals surface area (Å²) in [5.74, 6) is 1.34. The predicted octanol–water partition coefficient (Wildman–Crippen LogP) is 3.08. The first-order valence-corrected chi connectivity index (χ1v) is 5.55. The van der Waals surface area contributed by atoms with Crippen LogP contribution < -0.4 is 9.47 Å². The first-order valence-electron chi connectivity index (χ1n) is 5.55. The van der Waals surface area contributed by atoms with Gasteiger partial charge in [-0.15, -0.1) is 0 Å². The molecule has 0 fully saturated rings. The molecular weight excluding hydrogens is 216 g/mol. The molecule has 0 aromatic heterocycles. The Morgan fingerprint density at radius 1 is 1.35 bits per heavy atom. The third-order valence-corrected chi connectivity index (χ3v) is 2.15. The summed E-state index contributed by atoms with van der Waals surface area (Å²) in [6.45, 7) is 5.66. The van der Waals surface area contributed by atoms with Gasteiger partial charge in [-0.05, 0) is 38.5 Å². The van der Waals surface area contributed by atoms with Crippen molar-refractivity contribution in [3.8, 4) is 11.5 Å². The van der Waals surface area contributed by atoms with Gasteiger partial charge in [0.1, 0.15) is 6.29 Å². The van der Waals surface area contributed by atoms with E-state index in [-0.39, 0.29) is 6.10 Å². The first-order chi connectivity index (χ1) is 8.08. The van der Waals surface area contributed by atoms with E-state index in [9.17, 15) is 4.79 Å². The zero-order valence-corrected chi connectivity index (χ0v) is 10.7. The fourth-order valence-corrected chi connectivity index (χ4v) is 1.45. The lowest BCUT2D eigenvalue weighted by Gasteiger charge is -2.16. The molecule has 0 spiro atoms. The highest BCUT2D eigenvalue weighted by molar-refractivity contribution is 5.82. The topological polar surface area (TPSA) is 35.5 Å². The second-order valence-electron chi connectivity index (χ2n) is 4.05. The molecule has 0 radical (unpaired) electrons. The Balaban J connectivity index is 3.23. The molecule has 17 heavy (non-hydrogen) atoms. The number of carbonyl (C=O) groups is 1. The van der Waals surface area contributed by atoms with Crippen LogP contribution in [0.1, 0.15) is 26.3 Å². The summed E-state index contributed by atoms with van der Waals surface area (Å²) in [6.07, 6.45) is 2.65. The molecule has 0 aliphatic carbocycles. The highest BCUT2D eigenvalue weighted by Crippen LogP contribution is 2.33. The van der Waals surface area contributed by atoms with Crippen LogP contribution in [0.15, 0.2) is 23.8 Å². The molecule has 0 saturated carbocycles. The second kappa shape index (κ2) is 6.09. The molecule has 1 rings (SSSR count). The van der Waals surface area contributed by atoms with Crippen molar-refractivity contribution < 1.29 is 14.3 Å². The van der Waals surface area contributed by atoms with Crippen LogP contribution in [0.25, 0.3) is 6.08 Å². The number of aldehydes is 1. The summed E-state index contributed by atoms with van der Waals surface area (Å²) in [7, 11) is 1.60. The maximum atomic E-state index is 10.7. The molecule has 0 saturated heterocycles. The summed E-state index contributed by atoms with van der Waals surface area (Å²) < 4.78 is 11.0. The van der Waals surface area contributed by atoms with Crippen LogP contribution >= 0.6 is 0 Å². The van der Waals surface area contributed by atoms with Crippen molar-refractivity contribution in [2.24, 2.45) is 0 Å². The van der Waals surface area contributed by atoms with Crippen LogP contribution in [-0.4, -0.2) is 19.5 Å². The Morgan fingerprint density at radius 3 is 2.59 bits per heavy atom. The van der Waals surface area contributed by atoms with Gasteiger partial charge >= 0.3 is 0 Å². The van der Waals surface area contributed by atoms with E-state index < -0.39 is 0 Å². The van der Waals surface area contributed by atoms with Gasteiger partial charge in [-0.25, -0.2) is 0 Å². The number of methoxy groups -OCH3 is 1. The van der Waals surface area contributed by atoms with E-state index in [0.29, 0.717) is 17.1 Å². The molecule has 0 N–H and O–H groups in total. The fourth-order valence-electron chi connectivity index (χ4n) is 1.45. The van der Waals surface area contributed by atoms with Crippen molar-refractivity contribution in [1.29, 1.82) is 0 Å². The Morgan fingerprint density at radius 2 is 2.06 bits per heavy atom. The summed E-state index contributed by atoms with van der Waals surface area (Å²) in [6, 6.07) is 5.61. The molecule has 0 unspecified atom stereocenters. The number of hydrogen-bond donors (Lipinski definition) is 0. The van der Waals surface area contributed by atoms with Gasteiger partial charge in [-0.1, -0.05) is 12.1 Å². The Kier molecular flexibility index (Phi) is 4.76. The number of benzene rings is 1. The van der Waals surface area contributed by atoms with Gasteiger partial charge in [0.25, 0.3) is 0 Å². The molecule has 0 bridgehead atoms. The van der Waals surface area contributed by atoms with Gasteiger partial charge in [-0.3, -0.25) is 4.79 Å². The number of para-hydroxylation sites is 1. The summed E-state index contributed by atoms with van der Waals surface area (Å²) >= 11 is 0. The zero-order chi connectivity index (χ0) is 12.8. The molecule has 3 nitrogen and oxygen atoms in total. The molecule has 0 amide bonds. The highest BCUT2D eigenvalue weighted by atomic mass is 16.5. The molecular formula is C14H18O3. The monoisotopic (exact) mass is 234 g/mol. The van der Waals surface area contributed by atoms with Crippen molar-refractivity contribution in [2.45, 2.75) is 26.9 Å². The quantitative estimate of drug-likeness (QED) is 0.580. The van der Waals surface area contributed by atoms with Crippen molar-refractivity contribution in [2.75, 3.05) is 7.11 Å². The Bertz CT molecular complexity index is 419. The fraction of sp³-hybridized carbons (Fsp3) is 0.357. The van der Waals surface area contributed by atoms with E-state index in [4.69, 9.17) is 9.47 Å². The van der Waals surface area contributed by atoms with Crippen LogP contribution in [0.5, 0.6) is 11.5 Å². The van der Waals surface area contributed by atoms with Crippen molar-refractivity contribution in [1.82, 2.24) is 0 Å². The maximum Gasteiger partial charge on any atom is 0.168 e. The van der Waals surface area contributed by atoms with Gasteiger partial charge in [0.15, 0.2) is 11.5 Å². The SMILES string of the molecule is COc1cccc(C=C(C)C=O)c1OC(C)C. The van der Waals surface area contributed by atoms with E-state index in [1.807, 2.05) is 32.0 Å². The number of ether oxygens (including phenoxy) is 2. The molecule has 92 valence electrons. The number of hydrogen-bond acceptors (Lipinski definition) is 3. The minimum Gasteiger partial charge on any atom is -0.493 e. The normalized spacial score (nSPS) is 11.5. The number of rotatable bonds is 5. The molecule has 1 aromatic carbocycles. The molecule has 0 heterocycles. The third-order valence-electron chi connectivity index (χ3n) is 2.15. The molecule has 0 atom stereocenters. The molecule has 0 aliphatic rings. The lowest BCUT2D eigenvalue weighted by atomic mass is 10.1. The third kappa shape index (κ3) is 3.63. The summed E-state index contributed by atoms with van der Waals surface area (Å²) in [5.41, 5.74) is 1.49. The average Bonchev–Trinajstić information content (AvgIpc) is 2.30. The average molecular weight is 234 g/mol. The van der Waals surface area contributed by atoms with E-state index >= 15 is 0 Å². The smallest absolute Gasteiger partial charge is 0.168 e. The second-order valence-corrected chi connectivity index (χ2v) is 4.05. The Labute approximate surface area is 102 Å². The number of carbonyl (C=O) groups excluding carboxylic acids is 1. The first kappa shape index (κ1) is 13.3. The number of allylic oxidation sites excluding steroid dienone is 1. The van der Waals surface area contributed by atoms with Crippen LogP contribution in [0.2, 0.25) is 0 Å². The van der Waals surface area contributed by atoms with Gasteiger partial charge in [-0.2, -0.15) is 0 Å². The van der Waals surface area contributed by atoms with Gasteiger partial charge < -0.3 is 9.47 Å². The molecule has 1 aromatic rings. The lowest BCUT2D eigenvalue weighted by molar-refractivity contribution is -0.104. The van der Waals surface area contributed by atoms with Crippen LogP contribution in [0.4, 0.5) is 0 Å². The summed E-state index contributed by atoms with van der Waals surface area (Å²) in [5, 5.41) is 0.